The first-order valence-electron chi connectivity index (χ1n) is 6.92. The van der Waals surface area contributed by atoms with E-state index in [-0.39, 0.29) is 5.92 Å². The lowest BCUT2D eigenvalue weighted by Crippen LogP contribution is -2.22. The molecule has 5 heteroatoms. The van der Waals surface area contributed by atoms with Crippen LogP contribution in [-0.2, 0) is 4.74 Å². The van der Waals surface area contributed by atoms with Gasteiger partial charge in [-0.15, -0.1) is 0 Å². The van der Waals surface area contributed by atoms with Gasteiger partial charge in [0, 0.05) is 19.1 Å². The van der Waals surface area contributed by atoms with Gasteiger partial charge in [0.05, 0.1) is 12.2 Å². The average molecular weight is 265 g/mol. The van der Waals surface area contributed by atoms with E-state index in [2.05, 4.69) is 9.97 Å². The Kier molecular flexibility index (Phi) is 4.58. The molecule has 5 nitrogen and oxygen atoms in total. The number of nitrogen functional groups attached to an aromatic ring is 1. The zero-order valence-corrected chi connectivity index (χ0v) is 12.0. The van der Waals surface area contributed by atoms with Gasteiger partial charge in [0.1, 0.15) is 11.6 Å². The van der Waals surface area contributed by atoms with Crippen LogP contribution in [-0.4, -0.2) is 29.8 Å². The van der Waals surface area contributed by atoms with Crippen molar-refractivity contribution < 1.29 is 9.47 Å². The number of nitrogens with zero attached hydrogens (tertiary/aromatic N) is 2. The van der Waals surface area contributed by atoms with Crippen LogP contribution < -0.4 is 10.5 Å². The average Bonchev–Trinajstić information content (AvgIpc) is 2.41. The minimum atomic E-state index is 0.244. The molecule has 2 N–H and O–H groups in total. The summed E-state index contributed by atoms with van der Waals surface area (Å²) < 4.78 is 11.2. The van der Waals surface area contributed by atoms with E-state index in [0.717, 1.165) is 37.4 Å². The Labute approximate surface area is 114 Å². The molecule has 0 atom stereocenters. The van der Waals surface area contributed by atoms with Crippen molar-refractivity contribution in [2.45, 2.75) is 39.5 Å². The van der Waals surface area contributed by atoms with Crippen LogP contribution >= 0.6 is 0 Å². The van der Waals surface area contributed by atoms with Crippen molar-refractivity contribution in [3.8, 4) is 5.88 Å². The summed E-state index contributed by atoms with van der Waals surface area (Å²) in [6.45, 7) is 8.34. The second-order valence-electron chi connectivity index (χ2n) is 5.42. The van der Waals surface area contributed by atoms with E-state index in [4.69, 9.17) is 15.2 Å². The molecule has 1 aliphatic heterocycles. The van der Waals surface area contributed by atoms with Gasteiger partial charge in [-0.05, 0) is 25.7 Å². The van der Waals surface area contributed by atoms with Crippen LogP contribution in [0.1, 0.15) is 44.0 Å². The summed E-state index contributed by atoms with van der Waals surface area (Å²) in [5.74, 6) is 2.67. The molecule has 1 aromatic rings. The maximum atomic E-state index is 5.92. The molecule has 1 aromatic heterocycles. The normalized spacial score (nSPS) is 16.8. The zero-order valence-electron chi connectivity index (χ0n) is 12.0. The predicted octanol–water partition coefficient (Wildman–Crippen LogP) is 2.30. The van der Waals surface area contributed by atoms with Gasteiger partial charge in [0.2, 0.25) is 5.88 Å². The second-order valence-corrected chi connectivity index (χ2v) is 5.42. The van der Waals surface area contributed by atoms with Gasteiger partial charge in [-0.1, -0.05) is 13.8 Å². The molecule has 0 saturated carbocycles. The van der Waals surface area contributed by atoms with Crippen molar-refractivity contribution in [2.75, 3.05) is 25.6 Å². The van der Waals surface area contributed by atoms with Gasteiger partial charge in [-0.25, -0.2) is 4.98 Å². The summed E-state index contributed by atoms with van der Waals surface area (Å²) in [5, 5.41) is 0. The first kappa shape index (κ1) is 14.1. The molecule has 1 aliphatic rings. The van der Waals surface area contributed by atoms with Crippen LogP contribution in [0.25, 0.3) is 0 Å². The summed E-state index contributed by atoms with van der Waals surface area (Å²) in [7, 11) is 0. The Morgan fingerprint density at radius 3 is 2.63 bits per heavy atom. The number of hydrogen-bond acceptors (Lipinski definition) is 5. The van der Waals surface area contributed by atoms with Crippen LogP contribution in [0.15, 0.2) is 0 Å². The third-order valence-electron chi connectivity index (χ3n) is 3.47. The molecule has 0 bridgehead atoms. The highest BCUT2D eigenvalue weighted by Crippen LogP contribution is 2.24. The van der Waals surface area contributed by atoms with E-state index in [0.29, 0.717) is 24.2 Å². The van der Waals surface area contributed by atoms with Crippen LogP contribution in [0.5, 0.6) is 5.88 Å². The molecule has 0 unspecified atom stereocenters. The lowest BCUT2D eigenvalue weighted by atomic mass is 10.0. The molecule has 0 aromatic carbocycles. The molecular formula is C14H23N3O2. The van der Waals surface area contributed by atoms with E-state index in [1.165, 1.54) is 0 Å². The molecule has 0 radical (unpaired) electrons. The zero-order chi connectivity index (χ0) is 13.8. The van der Waals surface area contributed by atoms with E-state index in [1.54, 1.807) is 0 Å². The van der Waals surface area contributed by atoms with E-state index in [9.17, 15) is 0 Å². The Bertz CT molecular complexity index is 429. The van der Waals surface area contributed by atoms with Crippen molar-refractivity contribution in [1.82, 2.24) is 9.97 Å². The standard InChI is InChI=1S/C14H23N3O2/c1-9(2)13-16-12(15)10(3)14(17-13)19-8-11-4-6-18-7-5-11/h9,11H,4-8H2,1-3H3,(H2,15,16,17). The molecule has 0 aliphatic carbocycles. The lowest BCUT2D eigenvalue weighted by Gasteiger charge is -2.22. The summed E-state index contributed by atoms with van der Waals surface area (Å²) in [6, 6.07) is 0. The summed E-state index contributed by atoms with van der Waals surface area (Å²) in [4.78, 5) is 8.77. The van der Waals surface area contributed by atoms with E-state index in [1.807, 2.05) is 20.8 Å². The number of nitrogens with two attached hydrogens (primary N) is 1. The molecule has 0 amide bonds. The molecule has 2 rings (SSSR count). The molecule has 106 valence electrons. The highest BCUT2D eigenvalue weighted by atomic mass is 16.5. The van der Waals surface area contributed by atoms with Crippen molar-refractivity contribution >= 4 is 5.82 Å². The second kappa shape index (κ2) is 6.19. The number of ether oxygens (including phenoxy) is 2. The van der Waals surface area contributed by atoms with Gasteiger partial charge >= 0.3 is 0 Å². The van der Waals surface area contributed by atoms with Gasteiger partial charge in [-0.2, -0.15) is 4.98 Å². The smallest absolute Gasteiger partial charge is 0.221 e. The Morgan fingerprint density at radius 2 is 2.00 bits per heavy atom. The molecule has 2 heterocycles. The number of rotatable bonds is 4. The molecule has 1 saturated heterocycles. The Hall–Kier alpha value is -1.36. The van der Waals surface area contributed by atoms with Crippen molar-refractivity contribution in [1.29, 1.82) is 0 Å². The number of hydrogen-bond donors (Lipinski definition) is 1. The van der Waals surface area contributed by atoms with Crippen molar-refractivity contribution in [3.05, 3.63) is 11.4 Å². The molecule has 1 fully saturated rings. The quantitative estimate of drug-likeness (QED) is 0.904. The topological polar surface area (TPSA) is 70.3 Å². The fraction of sp³-hybridized carbons (Fsp3) is 0.714. The minimum absolute atomic E-state index is 0.244. The minimum Gasteiger partial charge on any atom is -0.477 e. The molecule has 0 spiro atoms. The van der Waals surface area contributed by atoms with E-state index >= 15 is 0 Å². The Balaban J connectivity index is 2.05. The molecular weight excluding hydrogens is 242 g/mol. The Morgan fingerprint density at radius 1 is 1.32 bits per heavy atom. The maximum Gasteiger partial charge on any atom is 0.221 e. The fourth-order valence-electron chi connectivity index (χ4n) is 2.04. The van der Waals surface area contributed by atoms with Gasteiger partial charge in [-0.3, -0.25) is 0 Å². The third kappa shape index (κ3) is 3.56. The van der Waals surface area contributed by atoms with Crippen LogP contribution in [0, 0.1) is 12.8 Å². The molecule has 19 heavy (non-hydrogen) atoms. The van der Waals surface area contributed by atoms with Gasteiger partial charge < -0.3 is 15.2 Å². The largest absolute Gasteiger partial charge is 0.477 e. The van der Waals surface area contributed by atoms with Crippen molar-refractivity contribution in [3.63, 3.8) is 0 Å². The first-order chi connectivity index (χ1) is 9.08. The summed E-state index contributed by atoms with van der Waals surface area (Å²) in [6.07, 6.45) is 2.10. The van der Waals surface area contributed by atoms with Crippen LogP contribution in [0.2, 0.25) is 0 Å². The highest BCUT2D eigenvalue weighted by molar-refractivity contribution is 5.44. The van der Waals surface area contributed by atoms with Gasteiger partial charge in [0.25, 0.3) is 0 Å². The number of aromatic nitrogens is 2. The highest BCUT2D eigenvalue weighted by Gasteiger charge is 2.17. The predicted molar refractivity (Wildman–Crippen MR) is 74.3 cm³/mol. The van der Waals surface area contributed by atoms with Crippen molar-refractivity contribution in [2.24, 2.45) is 5.92 Å². The summed E-state index contributed by atoms with van der Waals surface area (Å²) in [5.41, 5.74) is 6.75. The summed E-state index contributed by atoms with van der Waals surface area (Å²) >= 11 is 0. The van der Waals surface area contributed by atoms with Gasteiger partial charge in [0.15, 0.2) is 0 Å². The fourth-order valence-corrected chi connectivity index (χ4v) is 2.04. The maximum absolute atomic E-state index is 5.92. The lowest BCUT2D eigenvalue weighted by molar-refractivity contribution is 0.0489. The SMILES string of the molecule is Cc1c(N)nc(C(C)C)nc1OCC1CCOCC1. The van der Waals surface area contributed by atoms with Crippen LogP contribution in [0.4, 0.5) is 5.82 Å². The third-order valence-corrected chi connectivity index (χ3v) is 3.47. The number of anilines is 1. The first-order valence-corrected chi connectivity index (χ1v) is 6.92. The monoisotopic (exact) mass is 265 g/mol. The van der Waals surface area contributed by atoms with Crippen LogP contribution in [0.3, 0.4) is 0 Å². The van der Waals surface area contributed by atoms with E-state index < -0.39 is 0 Å².